The van der Waals surface area contributed by atoms with Crippen molar-refractivity contribution in [2.75, 3.05) is 40.8 Å². The average molecular weight is 231 g/mol. The number of nitrogens with zero attached hydrogens (tertiary/aromatic N) is 2. The largest absolute Gasteiger partial charge is 0.393 e. The maximum atomic E-state index is 5.44. The van der Waals surface area contributed by atoms with Gasteiger partial charge in [-0.3, -0.25) is 0 Å². The van der Waals surface area contributed by atoms with Crippen LogP contribution in [0.15, 0.2) is 0 Å². The van der Waals surface area contributed by atoms with Crippen LogP contribution in [0.2, 0.25) is 0 Å². The van der Waals surface area contributed by atoms with Crippen molar-refractivity contribution in [1.82, 2.24) is 9.80 Å². The van der Waals surface area contributed by atoms with E-state index in [1.807, 2.05) is 0 Å². The van der Waals surface area contributed by atoms with E-state index in [0.29, 0.717) is 4.99 Å². The number of nitrogens with two attached hydrogens (primary N) is 1. The summed E-state index contributed by atoms with van der Waals surface area (Å²) in [4.78, 5) is 5.24. The topological polar surface area (TPSA) is 32.5 Å². The van der Waals surface area contributed by atoms with E-state index in [-0.39, 0.29) is 0 Å². The Balaban J connectivity index is 3.25. The van der Waals surface area contributed by atoms with E-state index < -0.39 is 0 Å². The fourth-order valence-corrected chi connectivity index (χ4v) is 1.59. The molecule has 0 saturated heterocycles. The average Bonchev–Trinajstić information content (AvgIpc) is 2.11. The molecule has 0 fully saturated rings. The minimum Gasteiger partial charge on any atom is -0.393 e. The van der Waals surface area contributed by atoms with Crippen LogP contribution in [0, 0.1) is 0 Å². The van der Waals surface area contributed by atoms with Gasteiger partial charge in [0.1, 0.15) is 0 Å². The van der Waals surface area contributed by atoms with Crippen molar-refractivity contribution >= 4 is 17.2 Å². The van der Waals surface area contributed by atoms with Crippen LogP contribution in [0.4, 0.5) is 0 Å². The molecule has 0 aromatic carbocycles. The van der Waals surface area contributed by atoms with E-state index in [0.717, 1.165) is 25.9 Å². The van der Waals surface area contributed by atoms with Crippen LogP contribution in [-0.4, -0.2) is 55.6 Å². The van der Waals surface area contributed by atoms with Crippen LogP contribution >= 0.6 is 12.2 Å². The highest BCUT2D eigenvalue weighted by molar-refractivity contribution is 7.80. The summed E-state index contributed by atoms with van der Waals surface area (Å²) in [5.74, 6) is 0. The van der Waals surface area contributed by atoms with E-state index in [9.17, 15) is 0 Å². The number of hydrogen-bond acceptors (Lipinski definition) is 3. The summed E-state index contributed by atoms with van der Waals surface area (Å²) in [7, 11) is 6.40. The minimum absolute atomic E-state index is 0.644. The van der Waals surface area contributed by atoms with E-state index in [2.05, 4.69) is 30.9 Å². The first-order chi connectivity index (χ1) is 7.02. The van der Waals surface area contributed by atoms with Crippen molar-refractivity contribution < 1.29 is 0 Å². The zero-order valence-electron chi connectivity index (χ0n) is 10.3. The van der Waals surface area contributed by atoms with Gasteiger partial charge >= 0.3 is 0 Å². The summed E-state index contributed by atoms with van der Waals surface area (Å²) in [6, 6.07) is 0. The lowest BCUT2D eigenvalue weighted by Gasteiger charge is -2.17. The fourth-order valence-electron chi connectivity index (χ4n) is 1.45. The molecular weight excluding hydrogens is 206 g/mol. The van der Waals surface area contributed by atoms with Crippen LogP contribution in [0.3, 0.4) is 0 Å². The quantitative estimate of drug-likeness (QED) is 0.479. The van der Waals surface area contributed by atoms with Gasteiger partial charge in [-0.1, -0.05) is 12.2 Å². The molecule has 3 nitrogen and oxygen atoms in total. The summed E-state index contributed by atoms with van der Waals surface area (Å²) in [5, 5.41) is 0. The van der Waals surface area contributed by atoms with Crippen LogP contribution in [0.1, 0.15) is 25.7 Å². The third kappa shape index (κ3) is 11.7. The summed E-state index contributed by atoms with van der Waals surface area (Å²) in [6.45, 7) is 3.48. The van der Waals surface area contributed by atoms with Crippen molar-refractivity contribution in [3.05, 3.63) is 0 Å². The molecule has 0 spiro atoms. The molecule has 0 bridgehead atoms. The summed E-state index contributed by atoms with van der Waals surface area (Å²) in [6.07, 6.45) is 4.43. The Morgan fingerprint density at radius 3 is 2.13 bits per heavy atom. The Hall–Kier alpha value is -0.190. The number of hydrogen-bond donors (Lipinski definition) is 1. The van der Waals surface area contributed by atoms with Crippen LogP contribution < -0.4 is 5.73 Å². The fraction of sp³-hybridized carbons (Fsp3) is 0.909. The van der Waals surface area contributed by atoms with Crippen molar-refractivity contribution in [2.45, 2.75) is 25.7 Å². The maximum Gasteiger partial charge on any atom is 0.0727 e. The smallest absolute Gasteiger partial charge is 0.0727 e. The Labute approximate surface area is 99.6 Å². The standard InChI is InChI=1S/C11H25N3S/c1-13(2)8-6-10-14(3)9-5-4-7-11(12)15/h4-10H2,1-3H3,(H2,12,15). The zero-order valence-corrected chi connectivity index (χ0v) is 11.1. The maximum absolute atomic E-state index is 5.44. The second-order valence-corrected chi connectivity index (χ2v) is 4.91. The number of unbranched alkanes of at least 4 members (excludes halogenated alkanes) is 1. The highest BCUT2D eigenvalue weighted by Gasteiger charge is 1.99. The molecule has 0 aromatic rings. The van der Waals surface area contributed by atoms with E-state index in [1.165, 1.54) is 19.4 Å². The van der Waals surface area contributed by atoms with Gasteiger partial charge in [0.25, 0.3) is 0 Å². The number of rotatable bonds is 9. The van der Waals surface area contributed by atoms with Gasteiger partial charge in [0, 0.05) is 0 Å². The van der Waals surface area contributed by atoms with Crippen molar-refractivity contribution in [1.29, 1.82) is 0 Å². The van der Waals surface area contributed by atoms with E-state index in [4.69, 9.17) is 18.0 Å². The monoisotopic (exact) mass is 231 g/mol. The van der Waals surface area contributed by atoms with Gasteiger partial charge in [-0.15, -0.1) is 0 Å². The van der Waals surface area contributed by atoms with Gasteiger partial charge in [0.05, 0.1) is 4.99 Å². The van der Waals surface area contributed by atoms with Crippen LogP contribution in [0.25, 0.3) is 0 Å². The molecule has 4 heteroatoms. The molecule has 0 radical (unpaired) electrons. The molecule has 0 amide bonds. The molecule has 15 heavy (non-hydrogen) atoms. The lowest BCUT2D eigenvalue weighted by atomic mass is 10.2. The Bertz CT molecular complexity index is 171. The molecule has 0 aliphatic rings. The van der Waals surface area contributed by atoms with Gasteiger partial charge in [-0.05, 0) is 66.5 Å². The molecule has 0 unspecified atom stereocenters. The first-order valence-corrected chi connectivity index (χ1v) is 6.04. The predicted octanol–water partition coefficient (Wildman–Crippen LogP) is 1.33. The first kappa shape index (κ1) is 14.8. The second kappa shape index (κ2) is 9.07. The van der Waals surface area contributed by atoms with Gasteiger partial charge in [-0.2, -0.15) is 0 Å². The molecule has 0 rings (SSSR count). The molecule has 0 aromatic heterocycles. The SMILES string of the molecule is CN(C)CCCN(C)CCCCC(N)=S. The van der Waals surface area contributed by atoms with Crippen molar-refractivity contribution in [3.8, 4) is 0 Å². The van der Waals surface area contributed by atoms with Crippen molar-refractivity contribution in [2.24, 2.45) is 5.73 Å². The van der Waals surface area contributed by atoms with Crippen LogP contribution in [0.5, 0.6) is 0 Å². The van der Waals surface area contributed by atoms with Gasteiger partial charge in [0.15, 0.2) is 0 Å². The van der Waals surface area contributed by atoms with E-state index >= 15 is 0 Å². The molecule has 0 atom stereocenters. The molecule has 2 N–H and O–H groups in total. The highest BCUT2D eigenvalue weighted by atomic mass is 32.1. The van der Waals surface area contributed by atoms with Gasteiger partial charge < -0.3 is 15.5 Å². The predicted molar refractivity (Wildman–Crippen MR) is 71.3 cm³/mol. The van der Waals surface area contributed by atoms with Gasteiger partial charge in [0.2, 0.25) is 0 Å². The third-order valence-corrected chi connectivity index (χ3v) is 2.56. The molecule has 0 aliphatic carbocycles. The lowest BCUT2D eigenvalue weighted by Crippen LogP contribution is -2.24. The third-order valence-electron chi connectivity index (χ3n) is 2.36. The Morgan fingerprint density at radius 1 is 1.00 bits per heavy atom. The van der Waals surface area contributed by atoms with Gasteiger partial charge in [-0.25, -0.2) is 0 Å². The Kier molecular flexibility index (Phi) is 8.95. The highest BCUT2D eigenvalue weighted by Crippen LogP contribution is 1.98. The second-order valence-electron chi connectivity index (χ2n) is 4.38. The van der Waals surface area contributed by atoms with Crippen LogP contribution in [-0.2, 0) is 0 Å². The normalized spacial score (nSPS) is 11.3. The molecule has 0 heterocycles. The summed E-state index contributed by atoms with van der Waals surface area (Å²) in [5.41, 5.74) is 5.44. The zero-order chi connectivity index (χ0) is 11.7. The Morgan fingerprint density at radius 2 is 1.60 bits per heavy atom. The minimum atomic E-state index is 0.644. The molecule has 0 saturated carbocycles. The molecular formula is C11H25N3S. The lowest BCUT2D eigenvalue weighted by molar-refractivity contribution is 0.296. The van der Waals surface area contributed by atoms with E-state index in [1.54, 1.807) is 0 Å². The van der Waals surface area contributed by atoms with Crippen molar-refractivity contribution in [3.63, 3.8) is 0 Å². The number of thiocarbonyl (C=S) groups is 1. The summed E-state index contributed by atoms with van der Waals surface area (Å²) < 4.78 is 0. The molecule has 0 aliphatic heterocycles. The molecule has 90 valence electrons. The first-order valence-electron chi connectivity index (χ1n) is 5.64. The summed E-state index contributed by atoms with van der Waals surface area (Å²) >= 11 is 4.83.